The van der Waals surface area contributed by atoms with E-state index in [0.29, 0.717) is 18.6 Å². The van der Waals surface area contributed by atoms with Crippen molar-refractivity contribution in [3.05, 3.63) is 60.4 Å². The number of hydrogen-bond donors (Lipinski definition) is 2. The van der Waals surface area contributed by atoms with Gasteiger partial charge in [0, 0.05) is 18.3 Å². The van der Waals surface area contributed by atoms with E-state index in [1.54, 1.807) is 30.3 Å². The van der Waals surface area contributed by atoms with E-state index in [2.05, 4.69) is 10.3 Å². The Kier molecular flexibility index (Phi) is 9.94. The lowest BCUT2D eigenvalue weighted by Gasteiger charge is -2.31. The minimum absolute atomic E-state index is 0.0382. The molecule has 1 fully saturated rings. The fraction of sp³-hybridized carbons (Fsp3) is 0.423. The Morgan fingerprint density at radius 1 is 1.24 bits per heavy atom. The standard InChI is InChI=1S/C26H29F3N2O7/c1-16-23(36-15-7-13-26(27,28)29)20(38-17-8-4-3-5-9-17)11-6-10-18(25(34)37-16)31-24(33)21-22(32)19(35-2)12-14-30-21/h3-5,7-9,12-14,16,18,20,23,32H,6,10-11,15H2,1-2H3,(H,31,33). The Hall–Kier alpha value is -3.80. The van der Waals surface area contributed by atoms with E-state index in [1.807, 2.05) is 0 Å². The lowest BCUT2D eigenvalue weighted by molar-refractivity contribution is -0.162. The molecule has 4 atom stereocenters. The lowest BCUT2D eigenvalue weighted by atomic mass is 10.0. The van der Waals surface area contributed by atoms with Crippen LogP contribution in [0.15, 0.2) is 54.7 Å². The highest BCUT2D eigenvalue weighted by Crippen LogP contribution is 2.28. The van der Waals surface area contributed by atoms with Crippen LogP contribution in [0.4, 0.5) is 13.2 Å². The number of amides is 1. The van der Waals surface area contributed by atoms with Crippen LogP contribution >= 0.6 is 0 Å². The van der Waals surface area contributed by atoms with E-state index in [4.69, 9.17) is 18.9 Å². The van der Waals surface area contributed by atoms with E-state index < -0.39 is 48.2 Å². The van der Waals surface area contributed by atoms with E-state index in [9.17, 15) is 27.9 Å². The van der Waals surface area contributed by atoms with Crippen LogP contribution in [0.1, 0.15) is 36.7 Å². The molecule has 9 nitrogen and oxygen atoms in total. The molecule has 1 aliphatic rings. The molecule has 2 N–H and O–H groups in total. The van der Waals surface area contributed by atoms with Gasteiger partial charge < -0.3 is 29.4 Å². The van der Waals surface area contributed by atoms with Gasteiger partial charge in [-0.3, -0.25) is 4.79 Å². The molecule has 0 spiro atoms. The van der Waals surface area contributed by atoms with Crippen LogP contribution in [0, 0.1) is 0 Å². The van der Waals surface area contributed by atoms with Gasteiger partial charge in [0.1, 0.15) is 30.1 Å². The average molecular weight is 539 g/mol. The van der Waals surface area contributed by atoms with Crippen LogP contribution in [0.3, 0.4) is 0 Å². The van der Waals surface area contributed by atoms with Gasteiger partial charge in [0.05, 0.1) is 13.7 Å². The second-order valence-electron chi connectivity index (χ2n) is 8.52. The second-order valence-corrected chi connectivity index (χ2v) is 8.52. The smallest absolute Gasteiger partial charge is 0.409 e. The molecule has 1 aromatic heterocycles. The highest BCUT2D eigenvalue weighted by molar-refractivity contribution is 5.97. The van der Waals surface area contributed by atoms with Gasteiger partial charge in [-0.1, -0.05) is 24.3 Å². The normalized spacial score (nSPS) is 22.6. The van der Waals surface area contributed by atoms with Crippen molar-refractivity contribution in [3.63, 3.8) is 0 Å². The van der Waals surface area contributed by atoms with Crippen molar-refractivity contribution < 1.29 is 46.8 Å². The zero-order valence-corrected chi connectivity index (χ0v) is 20.8. The first kappa shape index (κ1) is 28.8. The molecular formula is C26H29F3N2O7. The molecule has 1 aromatic carbocycles. The number of benzene rings is 1. The number of carbonyl (C=O) groups is 2. The number of cyclic esters (lactones) is 1. The minimum atomic E-state index is -4.49. The number of rotatable bonds is 8. The maximum Gasteiger partial charge on any atom is 0.409 e. The van der Waals surface area contributed by atoms with Gasteiger partial charge in [-0.05, 0) is 38.3 Å². The molecule has 1 amide bonds. The molecule has 0 saturated carbocycles. The number of aromatic hydroxyl groups is 1. The number of halogens is 3. The van der Waals surface area contributed by atoms with Crippen molar-refractivity contribution in [1.82, 2.24) is 10.3 Å². The van der Waals surface area contributed by atoms with Gasteiger partial charge in [-0.25, -0.2) is 9.78 Å². The summed E-state index contributed by atoms with van der Waals surface area (Å²) in [6.45, 7) is 1.15. The Labute approximate surface area is 217 Å². The number of esters is 1. The number of pyridine rings is 1. The fourth-order valence-corrected chi connectivity index (χ4v) is 3.96. The number of aromatic nitrogens is 1. The topological polar surface area (TPSA) is 116 Å². The first-order chi connectivity index (χ1) is 18.1. The van der Waals surface area contributed by atoms with E-state index in [-0.39, 0.29) is 30.5 Å². The maximum atomic E-state index is 13.0. The number of nitrogens with one attached hydrogen (secondary N) is 1. The van der Waals surface area contributed by atoms with Gasteiger partial charge in [-0.2, -0.15) is 13.2 Å². The number of carbonyl (C=O) groups excluding carboxylic acids is 2. The van der Waals surface area contributed by atoms with Gasteiger partial charge >= 0.3 is 12.1 Å². The number of para-hydroxylation sites is 1. The second kappa shape index (κ2) is 13.1. The predicted molar refractivity (Wildman–Crippen MR) is 129 cm³/mol. The summed E-state index contributed by atoms with van der Waals surface area (Å²) in [4.78, 5) is 29.6. The highest BCUT2D eigenvalue weighted by atomic mass is 19.4. The third kappa shape index (κ3) is 8.10. The van der Waals surface area contributed by atoms with Crippen molar-refractivity contribution in [2.75, 3.05) is 13.7 Å². The Balaban J connectivity index is 1.78. The molecule has 1 saturated heterocycles. The largest absolute Gasteiger partial charge is 0.503 e. The predicted octanol–water partition coefficient (Wildman–Crippen LogP) is 3.96. The molecular weight excluding hydrogens is 509 g/mol. The summed E-state index contributed by atoms with van der Waals surface area (Å²) in [5, 5.41) is 12.8. The van der Waals surface area contributed by atoms with Crippen molar-refractivity contribution >= 4 is 11.9 Å². The number of ether oxygens (including phenoxy) is 4. The van der Waals surface area contributed by atoms with Crippen molar-refractivity contribution in [2.45, 2.75) is 56.7 Å². The SMILES string of the molecule is COc1ccnc(C(=O)NC2CCCC(Oc3ccccc3)C(OCC=CC(F)(F)F)C(C)OC2=O)c1O. The molecule has 2 heterocycles. The number of allylic oxidation sites excluding steroid dienone is 1. The summed E-state index contributed by atoms with van der Waals surface area (Å²) in [6.07, 6.45) is -3.94. The zero-order chi connectivity index (χ0) is 27.7. The molecule has 12 heteroatoms. The number of nitrogens with zero attached hydrogens (tertiary/aromatic N) is 1. The molecule has 0 bridgehead atoms. The number of hydrogen-bond acceptors (Lipinski definition) is 8. The van der Waals surface area contributed by atoms with Crippen molar-refractivity contribution in [3.8, 4) is 17.2 Å². The van der Waals surface area contributed by atoms with E-state index >= 15 is 0 Å². The van der Waals surface area contributed by atoms with Gasteiger partial charge in [-0.15, -0.1) is 0 Å². The van der Waals surface area contributed by atoms with E-state index in [0.717, 1.165) is 6.08 Å². The Morgan fingerprint density at radius 3 is 2.66 bits per heavy atom. The highest BCUT2D eigenvalue weighted by Gasteiger charge is 2.36. The molecule has 0 aliphatic carbocycles. The summed E-state index contributed by atoms with van der Waals surface area (Å²) < 4.78 is 59.9. The molecule has 2 aromatic rings. The molecule has 4 unspecified atom stereocenters. The summed E-state index contributed by atoms with van der Waals surface area (Å²) >= 11 is 0. The summed E-state index contributed by atoms with van der Waals surface area (Å²) in [5.74, 6) is -1.50. The summed E-state index contributed by atoms with van der Waals surface area (Å²) in [7, 11) is 1.32. The summed E-state index contributed by atoms with van der Waals surface area (Å²) in [6, 6.07) is 9.07. The van der Waals surface area contributed by atoms with Crippen LogP contribution in [-0.2, 0) is 14.3 Å². The lowest BCUT2D eigenvalue weighted by Crippen LogP contribution is -2.46. The average Bonchev–Trinajstić information content (AvgIpc) is 2.91. The van der Waals surface area contributed by atoms with Crippen LogP contribution in [0.2, 0.25) is 0 Å². The van der Waals surface area contributed by atoms with Crippen LogP contribution in [0.5, 0.6) is 17.2 Å². The third-order valence-corrected chi connectivity index (χ3v) is 5.75. The minimum Gasteiger partial charge on any atom is -0.503 e. The fourth-order valence-electron chi connectivity index (χ4n) is 3.96. The molecule has 38 heavy (non-hydrogen) atoms. The van der Waals surface area contributed by atoms with Crippen molar-refractivity contribution in [2.24, 2.45) is 0 Å². The van der Waals surface area contributed by atoms with E-state index in [1.165, 1.54) is 26.3 Å². The number of methoxy groups -OCH3 is 1. The van der Waals surface area contributed by atoms with Gasteiger partial charge in [0.2, 0.25) is 0 Å². The quantitative estimate of drug-likeness (QED) is 0.383. The third-order valence-electron chi connectivity index (χ3n) is 5.75. The monoisotopic (exact) mass is 538 g/mol. The van der Waals surface area contributed by atoms with Crippen LogP contribution in [-0.4, -0.2) is 66.2 Å². The zero-order valence-electron chi connectivity index (χ0n) is 20.8. The van der Waals surface area contributed by atoms with Gasteiger partial charge in [0.25, 0.3) is 5.91 Å². The first-order valence-corrected chi connectivity index (χ1v) is 11.9. The first-order valence-electron chi connectivity index (χ1n) is 11.9. The van der Waals surface area contributed by atoms with Crippen LogP contribution in [0.25, 0.3) is 0 Å². The van der Waals surface area contributed by atoms with Gasteiger partial charge in [0.15, 0.2) is 17.2 Å². The number of alkyl halides is 3. The molecule has 0 radical (unpaired) electrons. The Morgan fingerprint density at radius 2 is 1.97 bits per heavy atom. The van der Waals surface area contributed by atoms with Crippen molar-refractivity contribution in [1.29, 1.82) is 0 Å². The molecule has 206 valence electrons. The maximum absolute atomic E-state index is 13.0. The summed E-state index contributed by atoms with van der Waals surface area (Å²) in [5.41, 5.74) is -0.326. The molecule has 3 rings (SSSR count). The Bertz CT molecular complexity index is 1110. The molecule has 1 aliphatic heterocycles. The van der Waals surface area contributed by atoms with Crippen LogP contribution < -0.4 is 14.8 Å².